The molecule has 0 aliphatic carbocycles. The molecule has 1 aromatic heterocycles. The van der Waals surface area contributed by atoms with E-state index >= 15 is 0 Å². The van der Waals surface area contributed by atoms with Crippen LogP contribution in [0.1, 0.15) is 13.3 Å². The second kappa shape index (κ2) is 4.71. The van der Waals surface area contributed by atoms with Crippen LogP contribution in [0, 0.1) is 16.0 Å². The molecule has 0 radical (unpaired) electrons. The Morgan fingerprint density at radius 3 is 2.90 bits per heavy atom. The normalized spacial score (nSPS) is 22.6. The number of anilines is 1. The molecule has 0 amide bonds. The lowest BCUT2D eigenvalue weighted by Crippen LogP contribution is -2.27. The van der Waals surface area contributed by atoms with Crippen LogP contribution in [-0.2, 0) is 0 Å². The minimum absolute atomic E-state index is 0.0905. The molecule has 1 aliphatic rings. The van der Waals surface area contributed by atoms with Gasteiger partial charge < -0.3 is 10.6 Å². The van der Waals surface area contributed by atoms with Crippen LogP contribution < -0.4 is 10.6 Å². The predicted octanol–water partition coefficient (Wildman–Crippen LogP) is 1.30. The molecule has 1 aliphatic heterocycles. The number of non-ortho nitro benzene ring substituents is 1. The monoisotopic (exact) mass is 277 g/mol. The lowest BCUT2D eigenvalue weighted by molar-refractivity contribution is -0.383. The van der Waals surface area contributed by atoms with E-state index in [-0.39, 0.29) is 11.2 Å². The van der Waals surface area contributed by atoms with E-state index in [4.69, 9.17) is 5.73 Å². The smallest absolute Gasteiger partial charge is 0.300 e. The lowest BCUT2D eigenvalue weighted by Gasteiger charge is -2.23. The molecular formula is C12H15N5O3. The second-order valence-electron chi connectivity index (χ2n) is 5.16. The summed E-state index contributed by atoms with van der Waals surface area (Å²) in [5.74, 6) is 0.426. The molecule has 1 fully saturated rings. The maximum atomic E-state index is 11.0. The number of rotatable bonds is 3. The van der Waals surface area contributed by atoms with Crippen LogP contribution >= 0.6 is 0 Å². The summed E-state index contributed by atoms with van der Waals surface area (Å²) in [6.45, 7) is 3.56. The van der Waals surface area contributed by atoms with E-state index in [1.807, 2.05) is 0 Å². The summed E-state index contributed by atoms with van der Waals surface area (Å²) in [4.78, 5) is 12.7. The first-order valence-corrected chi connectivity index (χ1v) is 6.48. The van der Waals surface area contributed by atoms with E-state index in [1.165, 1.54) is 6.07 Å². The van der Waals surface area contributed by atoms with Gasteiger partial charge in [-0.25, -0.2) is 4.63 Å². The third-order valence-electron chi connectivity index (χ3n) is 3.87. The number of nitrogens with two attached hydrogens (primary N) is 1. The Morgan fingerprint density at radius 1 is 1.50 bits per heavy atom. The third-order valence-corrected chi connectivity index (χ3v) is 3.87. The van der Waals surface area contributed by atoms with Gasteiger partial charge in [-0.3, -0.25) is 10.1 Å². The Labute approximate surface area is 114 Å². The number of nitro benzene ring substituents is 1. The van der Waals surface area contributed by atoms with Crippen molar-refractivity contribution in [3.63, 3.8) is 0 Å². The first-order valence-electron chi connectivity index (χ1n) is 6.48. The second-order valence-corrected chi connectivity index (χ2v) is 5.16. The zero-order chi connectivity index (χ0) is 14.3. The van der Waals surface area contributed by atoms with Crippen molar-refractivity contribution in [1.29, 1.82) is 0 Å². The van der Waals surface area contributed by atoms with E-state index in [0.717, 1.165) is 18.7 Å². The zero-order valence-electron chi connectivity index (χ0n) is 11.0. The van der Waals surface area contributed by atoms with Crippen molar-refractivity contribution in [1.82, 2.24) is 10.3 Å². The average Bonchev–Trinajstić information content (AvgIpc) is 3.03. The molecular weight excluding hydrogens is 262 g/mol. The lowest BCUT2D eigenvalue weighted by atomic mass is 10.1. The largest absolute Gasteiger partial charge is 0.367 e. The van der Waals surface area contributed by atoms with E-state index in [9.17, 15) is 10.1 Å². The molecule has 1 saturated heterocycles. The molecule has 2 unspecified atom stereocenters. The van der Waals surface area contributed by atoms with E-state index in [1.54, 1.807) is 6.07 Å². The maximum Gasteiger partial charge on any atom is 0.300 e. The molecule has 2 heterocycles. The Balaban J connectivity index is 2.07. The van der Waals surface area contributed by atoms with Crippen LogP contribution in [0.4, 0.5) is 11.4 Å². The molecule has 8 nitrogen and oxygen atoms in total. The highest BCUT2D eigenvalue weighted by molar-refractivity contribution is 5.94. The Hall–Kier alpha value is -2.22. The van der Waals surface area contributed by atoms with Gasteiger partial charge in [-0.2, -0.15) is 0 Å². The number of benzene rings is 1. The van der Waals surface area contributed by atoms with Crippen LogP contribution in [0.5, 0.6) is 0 Å². The molecule has 2 aromatic rings. The Bertz CT molecular complexity index is 656. The van der Waals surface area contributed by atoms with Gasteiger partial charge in [0, 0.05) is 18.7 Å². The van der Waals surface area contributed by atoms with Gasteiger partial charge in [-0.1, -0.05) is 0 Å². The summed E-state index contributed by atoms with van der Waals surface area (Å²) in [5.41, 5.74) is 7.08. The first-order chi connectivity index (χ1) is 9.61. The molecule has 20 heavy (non-hydrogen) atoms. The van der Waals surface area contributed by atoms with Crippen molar-refractivity contribution in [2.75, 3.05) is 18.0 Å². The van der Waals surface area contributed by atoms with Crippen molar-refractivity contribution in [2.24, 2.45) is 11.7 Å². The van der Waals surface area contributed by atoms with E-state index in [0.29, 0.717) is 24.0 Å². The van der Waals surface area contributed by atoms with Crippen molar-refractivity contribution in [3.8, 4) is 0 Å². The minimum Gasteiger partial charge on any atom is -0.367 e. The SMILES string of the molecule is CC1CC(CN)CN1c1ccc([N+](=O)[O-])c2nonc12. The fourth-order valence-corrected chi connectivity index (χ4v) is 2.87. The molecule has 106 valence electrons. The van der Waals surface area contributed by atoms with Gasteiger partial charge in [0.05, 0.1) is 10.6 Å². The Morgan fingerprint density at radius 2 is 2.25 bits per heavy atom. The summed E-state index contributed by atoms with van der Waals surface area (Å²) >= 11 is 0. The van der Waals surface area contributed by atoms with Crippen LogP contribution in [0.15, 0.2) is 16.8 Å². The highest BCUT2D eigenvalue weighted by Crippen LogP contribution is 2.35. The molecule has 2 atom stereocenters. The summed E-state index contributed by atoms with van der Waals surface area (Å²) in [6.07, 6.45) is 1.00. The predicted molar refractivity (Wildman–Crippen MR) is 72.4 cm³/mol. The van der Waals surface area contributed by atoms with Gasteiger partial charge in [-0.05, 0) is 42.2 Å². The molecule has 1 aromatic carbocycles. The van der Waals surface area contributed by atoms with Gasteiger partial charge in [-0.15, -0.1) is 0 Å². The fourth-order valence-electron chi connectivity index (χ4n) is 2.87. The summed E-state index contributed by atoms with van der Waals surface area (Å²) in [7, 11) is 0. The number of nitrogens with zero attached hydrogens (tertiary/aromatic N) is 4. The first kappa shape index (κ1) is 12.8. The molecule has 2 N–H and O–H groups in total. The number of fused-ring (bicyclic) bond motifs is 1. The van der Waals surface area contributed by atoms with Gasteiger partial charge >= 0.3 is 5.69 Å². The third kappa shape index (κ3) is 1.88. The van der Waals surface area contributed by atoms with Crippen LogP contribution in [-0.4, -0.2) is 34.4 Å². The topological polar surface area (TPSA) is 111 Å². The van der Waals surface area contributed by atoms with E-state index < -0.39 is 4.92 Å². The number of hydrogen-bond acceptors (Lipinski definition) is 7. The maximum absolute atomic E-state index is 11.0. The molecule has 8 heteroatoms. The number of aromatic nitrogens is 2. The highest BCUT2D eigenvalue weighted by Gasteiger charge is 2.31. The highest BCUT2D eigenvalue weighted by atomic mass is 16.6. The molecule has 3 rings (SSSR count). The zero-order valence-corrected chi connectivity index (χ0v) is 11.0. The van der Waals surface area contributed by atoms with Crippen LogP contribution in [0.2, 0.25) is 0 Å². The fraction of sp³-hybridized carbons (Fsp3) is 0.500. The summed E-state index contributed by atoms with van der Waals surface area (Å²) < 4.78 is 4.69. The van der Waals surface area contributed by atoms with Crippen molar-refractivity contribution in [2.45, 2.75) is 19.4 Å². The standard InChI is InChI=1S/C12H15N5O3/c1-7-4-8(5-13)6-16(7)9-2-3-10(17(18)19)12-11(9)14-20-15-12/h2-3,7-8H,4-6,13H2,1H3. The number of hydrogen-bond donors (Lipinski definition) is 1. The van der Waals surface area contributed by atoms with Crippen molar-refractivity contribution in [3.05, 3.63) is 22.2 Å². The van der Waals surface area contributed by atoms with E-state index in [2.05, 4.69) is 26.8 Å². The van der Waals surface area contributed by atoms with Gasteiger partial charge in [0.2, 0.25) is 5.52 Å². The van der Waals surface area contributed by atoms with Gasteiger partial charge in [0.1, 0.15) is 0 Å². The van der Waals surface area contributed by atoms with Gasteiger partial charge in [0.25, 0.3) is 0 Å². The molecule has 0 saturated carbocycles. The molecule has 0 spiro atoms. The van der Waals surface area contributed by atoms with Gasteiger partial charge in [0.15, 0.2) is 5.52 Å². The summed E-state index contributed by atoms with van der Waals surface area (Å²) in [6, 6.07) is 3.47. The quantitative estimate of drug-likeness (QED) is 0.664. The molecule has 0 bridgehead atoms. The Kier molecular flexibility index (Phi) is 3.01. The minimum atomic E-state index is -0.480. The van der Waals surface area contributed by atoms with Crippen LogP contribution in [0.3, 0.4) is 0 Å². The van der Waals surface area contributed by atoms with Crippen LogP contribution in [0.25, 0.3) is 11.0 Å². The average molecular weight is 277 g/mol. The van der Waals surface area contributed by atoms with Crippen molar-refractivity contribution >= 4 is 22.4 Å². The number of nitro groups is 1. The summed E-state index contributed by atoms with van der Waals surface area (Å²) in [5, 5.41) is 18.5. The van der Waals surface area contributed by atoms with Crippen molar-refractivity contribution < 1.29 is 9.55 Å².